The molecule has 0 aliphatic heterocycles. The van der Waals surface area contributed by atoms with Crippen molar-refractivity contribution in [1.29, 1.82) is 0 Å². The Morgan fingerprint density at radius 2 is 1.14 bits per heavy atom. The van der Waals surface area contributed by atoms with Gasteiger partial charge in [0.15, 0.2) is 0 Å². The molecule has 0 unspecified atom stereocenters. The first-order valence-corrected chi connectivity index (χ1v) is 5.84. The van der Waals surface area contributed by atoms with Crippen LogP contribution >= 0.6 is 0 Å². The Labute approximate surface area is 82.0 Å². The van der Waals surface area contributed by atoms with Crippen molar-refractivity contribution in [3.05, 3.63) is 0 Å². The monoisotopic (exact) mass is 188 g/mol. The van der Waals surface area contributed by atoms with Crippen LogP contribution in [-0.4, -0.2) is 11.6 Å². The van der Waals surface area contributed by atoms with Crippen LogP contribution in [0.5, 0.6) is 0 Å². The van der Waals surface area contributed by atoms with Crippen molar-refractivity contribution in [1.82, 2.24) is 0 Å². The quantitative estimate of drug-likeness (QED) is 0.566. The number of Topliss-reactive ketones (excluding diaryl/α,β-unsaturated/α-hetero) is 2. The van der Waals surface area contributed by atoms with E-state index in [1.54, 1.807) is 0 Å². The Morgan fingerprint density at radius 3 is 1.50 bits per heavy atom. The summed E-state index contributed by atoms with van der Waals surface area (Å²) in [4.78, 5) is 23.5. The highest BCUT2D eigenvalue weighted by Gasteiger charge is 2.82. The Balaban J connectivity index is 1.74. The van der Waals surface area contributed by atoms with E-state index in [9.17, 15) is 9.59 Å². The molecule has 9 aliphatic rings. The maximum Gasteiger partial charge on any atom is 0.136 e. The lowest BCUT2D eigenvalue weighted by Crippen LogP contribution is -2.82. The standard InChI is InChI=1S/C12H12O2/c13-5-1-3-4-2-6(14)10-7(3)11-9(5)8(4)12(10)11/h3-4,7-12H,1-2H2/t3-,4+,7+,8-,9-,10+,11-,12+. The predicted octanol–water partition coefficient (Wildman–Crippen LogP) is 0.902. The van der Waals surface area contributed by atoms with Crippen molar-refractivity contribution in [2.45, 2.75) is 12.8 Å². The number of ketones is 2. The van der Waals surface area contributed by atoms with Crippen LogP contribution in [-0.2, 0) is 9.59 Å². The Kier molecular flexibility index (Phi) is 0.780. The van der Waals surface area contributed by atoms with Gasteiger partial charge in [0.2, 0.25) is 0 Å². The summed E-state index contributed by atoms with van der Waals surface area (Å²) in [6.07, 6.45) is 1.65. The van der Waals surface area contributed by atoms with Crippen LogP contribution in [0.1, 0.15) is 12.8 Å². The largest absolute Gasteiger partial charge is 0.299 e. The van der Waals surface area contributed by atoms with Crippen molar-refractivity contribution in [2.24, 2.45) is 47.3 Å². The van der Waals surface area contributed by atoms with E-state index < -0.39 is 0 Å². The van der Waals surface area contributed by atoms with Crippen LogP contribution in [0.3, 0.4) is 0 Å². The van der Waals surface area contributed by atoms with Gasteiger partial charge in [0.25, 0.3) is 0 Å². The van der Waals surface area contributed by atoms with Gasteiger partial charge in [-0.1, -0.05) is 0 Å². The highest BCUT2D eigenvalue weighted by atomic mass is 16.1. The van der Waals surface area contributed by atoms with Crippen molar-refractivity contribution in [2.75, 3.05) is 0 Å². The van der Waals surface area contributed by atoms with Crippen molar-refractivity contribution < 1.29 is 9.59 Å². The molecule has 72 valence electrons. The molecule has 8 bridgehead atoms. The maximum absolute atomic E-state index is 11.7. The zero-order chi connectivity index (χ0) is 9.19. The van der Waals surface area contributed by atoms with Crippen LogP contribution in [0.4, 0.5) is 0 Å². The molecule has 9 saturated carbocycles. The van der Waals surface area contributed by atoms with Gasteiger partial charge in [0, 0.05) is 24.7 Å². The molecule has 0 aromatic carbocycles. The van der Waals surface area contributed by atoms with Gasteiger partial charge in [-0.3, -0.25) is 9.59 Å². The van der Waals surface area contributed by atoms with E-state index in [4.69, 9.17) is 0 Å². The number of rotatable bonds is 0. The number of fused-ring (bicyclic) bond motifs is 2. The average molecular weight is 188 g/mol. The molecular weight excluding hydrogens is 176 g/mol. The molecule has 0 heterocycles. The number of carbonyl (C=O) groups is 2. The maximum atomic E-state index is 11.7. The summed E-state index contributed by atoms with van der Waals surface area (Å²) in [6.45, 7) is 0. The summed E-state index contributed by atoms with van der Waals surface area (Å²) in [5, 5.41) is 0. The molecule has 8 atom stereocenters. The average Bonchev–Trinajstić information content (AvgIpc) is 2.08. The van der Waals surface area contributed by atoms with Gasteiger partial charge in [-0.05, 0) is 35.5 Å². The second-order valence-electron chi connectivity index (χ2n) is 6.03. The molecule has 0 aromatic rings. The molecule has 0 amide bonds. The molecule has 0 aromatic heterocycles. The molecular formula is C12H12O2. The lowest BCUT2D eigenvalue weighted by Gasteiger charge is -2.81. The van der Waals surface area contributed by atoms with Crippen molar-refractivity contribution >= 4 is 11.6 Å². The van der Waals surface area contributed by atoms with Gasteiger partial charge in [0.05, 0.1) is 0 Å². The molecule has 9 fully saturated rings. The first-order chi connectivity index (χ1) is 6.79. The first kappa shape index (κ1) is 6.76. The minimum absolute atomic E-state index is 0.421. The van der Waals surface area contributed by atoms with Crippen LogP contribution in [0, 0.1) is 47.3 Å². The SMILES string of the molecule is O=C1C[C@H]2[C@H]3CC(=O)[C@H]4[C@@H]5[C@H]([C@@H]1[C@H]35)[C@H]24. The fourth-order valence-electron chi connectivity index (χ4n) is 6.02. The smallest absolute Gasteiger partial charge is 0.136 e. The topological polar surface area (TPSA) is 34.1 Å². The minimum Gasteiger partial charge on any atom is -0.299 e. The summed E-state index contributed by atoms with van der Waals surface area (Å²) >= 11 is 0. The van der Waals surface area contributed by atoms with Crippen LogP contribution in [0.25, 0.3) is 0 Å². The van der Waals surface area contributed by atoms with Gasteiger partial charge in [-0.25, -0.2) is 0 Å². The highest BCUT2D eigenvalue weighted by Crippen LogP contribution is 2.81. The molecule has 9 aliphatic carbocycles. The molecule has 14 heavy (non-hydrogen) atoms. The van der Waals surface area contributed by atoms with Crippen molar-refractivity contribution in [3.63, 3.8) is 0 Å². The van der Waals surface area contributed by atoms with Gasteiger partial charge >= 0.3 is 0 Å². The summed E-state index contributed by atoms with van der Waals surface area (Å²) in [7, 11) is 0. The van der Waals surface area contributed by atoms with E-state index in [1.165, 1.54) is 0 Å². The second-order valence-corrected chi connectivity index (χ2v) is 6.03. The summed E-state index contributed by atoms with van der Waals surface area (Å²) in [5.74, 6) is 5.88. The molecule has 0 radical (unpaired) electrons. The van der Waals surface area contributed by atoms with Crippen LogP contribution < -0.4 is 0 Å². The van der Waals surface area contributed by atoms with E-state index in [-0.39, 0.29) is 0 Å². The van der Waals surface area contributed by atoms with Gasteiger partial charge < -0.3 is 0 Å². The Morgan fingerprint density at radius 1 is 0.714 bits per heavy atom. The number of carbonyl (C=O) groups excluding carboxylic acids is 2. The number of hydrogen-bond acceptors (Lipinski definition) is 2. The van der Waals surface area contributed by atoms with E-state index in [1.807, 2.05) is 0 Å². The number of hydrogen-bond donors (Lipinski definition) is 0. The lowest BCUT2D eigenvalue weighted by molar-refractivity contribution is -0.317. The fourth-order valence-corrected chi connectivity index (χ4v) is 6.02. The highest BCUT2D eigenvalue weighted by molar-refractivity contribution is 5.93. The summed E-state index contributed by atoms with van der Waals surface area (Å²) in [6, 6.07) is 0. The third kappa shape index (κ3) is 0.396. The minimum atomic E-state index is 0.421. The van der Waals surface area contributed by atoms with E-state index in [2.05, 4.69) is 0 Å². The van der Waals surface area contributed by atoms with Crippen LogP contribution in [0.15, 0.2) is 0 Å². The third-order valence-corrected chi connectivity index (χ3v) is 6.15. The van der Waals surface area contributed by atoms with E-state index >= 15 is 0 Å². The summed E-state index contributed by atoms with van der Waals surface area (Å²) < 4.78 is 0. The first-order valence-electron chi connectivity index (χ1n) is 5.84. The third-order valence-electron chi connectivity index (χ3n) is 6.15. The zero-order valence-corrected chi connectivity index (χ0v) is 7.85. The van der Waals surface area contributed by atoms with Gasteiger partial charge in [0.1, 0.15) is 11.6 Å². The molecule has 9 rings (SSSR count). The second kappa shape index (κ2) is 1.62. The van der Waals surface area contributed by atoms with E-state index in [0.29, 0.717) is 58.9 Å². The zero-order valence-electron chi connectivity index (χ0n) is 7.85. The fraction of sp³-hybridized carbons (Fsp3) is 0.833. The Bertz CT molecular complexity index is 357. The predicted molar refractivity (Wildman–Crippen MR) is 47.2 cm³/mol. The van der Waals surface area contributed by atoms with Crippen molar-refractivity contribution in [3.8, 4) is 0 Å². The molecule has 0 N–H and O–H groups in total. The molecule has 0 spiro atoms. The van der Waals surface area contributed by atoms with Crippen LogP contribution in [0.2, 0.25) is 0 Å². The molecule has 2 nitrogen and oxygen atoms in total. The normalized spacial score (nSPS) is 70.6. The molecule has 0 saturated heterocycles. The summed E-state index contributed by atoms with van der Waals surface area (Å²) in [5.41, 5.74) is 0. The van der Waals surface area contributed by atoms with Gasteiger partial charge in [-0.15, -0.1) is 0 Å². The van der Waals surface area contributed by atoms with E-state index in [0.717, 1.165) is 12.8 Å². The lowest BCUT2D eigenvalue weighted by atomic mass is 9.21. The molecule has 2 heteroatoms. The van der Waals surface area contributed by atoms with Gasteiger partial charge in [-0.2, -0.15) is 0 Å². The Hall–Kier alpha value is -0.660.